The Bertz CT molecular complexity index is 225. The number of phenols is 1. The summed E-state index contributed by atoms with van der Waals surface area (Å²) >= 11 is 3.05. The SMILES string of the molecule is CC.Oc1ccc(Br)cc1F. The van der Waals surface area contributed by atoms with E-state index in [0.29, 0.717) is 4.47 Å². The minimum Gasteiger partial charge on any atom is -0.505 e. The fourth-order valence-electron chi connectivity index (χ4n) is 0.481. The van der Waals surface area contributed by atoms with Gasteiger partial charge in [-0.15, -0.1) is 0 Å². The molecule has 0 atom stereocenters. The molecule has 0 saturated carbocycles. The van der Waals surface area contributed by atoms with Crippen LogP contribution in [0.4, 0.5) is 4.39 Å². The lowest BCUT2D eigenvalue weighted by molar-refractivity contribution is 0.432. The molecule has 0 aromatic heterocycles. The lowest BCUT2D eigenvalue weighted by Gasteiger charge is -1.92. The van der Waals surface area contributed by atoms with Gasteiger partial charge >= 0.3 is 0 Å². The zero-order valence-corrected chi connectivity index (χ0v) is 8.02. The average Bonchev–Trinajstić information content (AvgIpc) is 2.02. The van der Waals surface area contributed by atoms with Crippen LogP contribution in [-0.4, -0.2) is 5.11 Å². The third kappa shape index (κ3) is 3.37. The molecule has 0 bridgehead atoms. The third-order valence-corrected chi connectivity index (χ3v) is 1.40. The second-order valence-electron chi connectivity index (χ2n) is 1.60. The van der Waals surface area contributed by atoms with Crippen LogP contribution in [-0.2, 0) is 0 Å². The maximum absolute atomic E-state index is 12.3. The summed E-state index contributed by atoms with van der Waals surface area (Å²) in [6, 6.07) is 4.06. The maximum Gasteiger partial charge on any atom is 0.165 e. The highest BCUT2D eigenvalue weighted by Gasteiger charge is 1.97. The monoisotopic (exact) mass is 220 g/mol. The van der Waals surface area contributed by atoms with Crippen LogP contribution in [0.2, 0.25) is 0 Å². The van der Waals surface area contributed by atoms with Gasteiger partial charge < -0.3 is 5.11 Å². The molecular formula is C8H10BrFO. The van der Waals surface area contributed by atoms with E-state index in [4.69, 9.17) is 5.11 Å². The second kappa shape index (κ2) is 5.13. The van der Waals surface area contributed by atoms with Crippen LogP contribution in [0.5, 0.6) is 5.75 Å². The lowest BCUT2D eigenvalue weighted by atomic mass is 10.3. The molecule has 1 rings (SSSR count). The van der Waals surface area contributed by atoms with Crippen molar-refractivity contribution in [2.24, 2.45) is 0 Å². The Morgan fingerprint density at radius 3 is 2.27 bits per heavy atom. The number of hydrogen-bond donors (Lipinski definition) is 1. The molecule has 0 fully saturated rings. The van der Waals surface area contributed by atoms with Crippen molar-refractivity contribution in [2.75, 3.05) is 0 Å². The van der Waals surface area contributed by atoms with E-state index in [1.807, 2.05) is 13.8 Å². The van der Waals surface area contributed by atoms with Crippen molar-refractivity contribution in [1.29, 1.82) is 0 Å². The normalized spacial score (nSPS) is 8.36. The van der Waals surface area contributed by atoms with Crippen molar-refractivity contribution < 1.29 is 9.50 Å². The molecule has 0 saturated heterocycles. The third-order valence-electron chi connectivity index (χ3n) is 0.910. The summed E-state index contributed by atoms with van der Waals surface area (Å²) in [5, 5.41) is 8.65. The Balaban J connectivity index is 0.000000461. The highest BCUT2D eigenvalue weighted by molar-refractivity contribution is 9.10. The molecule has 0 unspecified atom stereocenters. The van der Waals surface area contributed by atoms with Crippen LogP contribution < -0.4 is 0 Å². The number of halogens is 2. The molecule has 62 valence electrons. The van der Waals surface area contributed by atoms with Gasteiger partial charge in [0.05, 0.1) is 0 Å². The Kier molecular flexibility index (Phi) is 4.86. The molecule has 11 heavy (non-hydrogen) atoms. The van der Waals surface area contributed by atoms with Gasteiger partial charge in [-0.2, -0.15) is 0 Å². The smallest absolute Gasteiger partial charge is 0.165 e. The van der Waals surface area contributed by atoms with Gasteiger partial charge in [0, 0.05) is 4.47 Å². The Morgan fingerprint density at radius 1 is 1.36 bits per heavy atom. The molecule has 0 aliphatic carbocycles. The average molecular weight is 221 g/mol. The van der Waals surface area contributed by atoms with Crippen LogP contribution in [0.1, 0.15) is 13.8 Å². The number of rotatable bonds is 0. The fourth-order valence-corrected chi connectivity index (χ4v) is 0.814. The first-order valence-electron chi connectivity index (χ1n) is 3.34. The van der Waals surface area contributed by atoms with E-state index in [1.54, 1.807) is 6.07 Å². The van der Waals surface area contributed by atoms with E-state index in [1.165, 1.54) is 12.1 Å². The molecule has 1 aromatic rings. The molecule has 0 radical (unpaired) electrons. The molecule has 0 aliphatic heterocycles. The number of phenolic OH excluding ortho intramolecular Hbond substituents is 1. The standard InChI is InChI=1S/C6H4BrFO.C2H6/c7-4-1-2-6(9)5(8)3-4;1-2/h1-3,9H;1-2H3. The molecule has 0 amide bonds. The van der Waals surface area contributed by atoms with Crippen LogP contribution in [0.25, 0.3) is 0 Å². The van der Waals surface area contributed by atoms with E-state index in [-0.39, 0.29) is 5.75 Å². The second-order valence-corrected chi connectivity index (χ2v) is 2.51. The van der Waals surface area contributed by atoms with Crippen molar-refractivity contribution in [2.45, 2.75) is 13.8 Å². The van der Waals surface area contributed by atoms with Gasteiger partial charge in [0.15, 0.2) is 11.6 Å². The number of aromatic hydroxyl groups is 1. The van der Waals surface area contributed by atoms with Crippen LogP contribution >= 0.6 is 15.9 Å². The highest BCUT2D eigenvalue weighted by atomic mass is 79.9. The van der Waals surface area contributed by atoms with Crippen LogP contribution in [0.15, 0.2) is 22.7 Å². The topological polar surface area (TPSA) is 20.2 Å². The van der Waals surface area contributed by atoms with E-state index in [9.17, 15) is 4.39 Å². The van der Waals surface area contributed by atoms with E-state index in [0.717, 1.165) is 0 Å². The minimum absolute atomic E-state index is 0.321. The quantitative estimate of drug-likeness (QED) is 0.712. The predicted molar refractivity (Wildman–Crippen MR) is 47.1 cm³/mol. The number of benzene rings is 1. The molecule has 0 aliphatic rings. The lowest BCUT2D eigenvalue weighted by Crippen LogP contribution is -1.73. The first-order valence-corrected chi connectivity index (χ1v) is 4.13. The summed E-state index contributed by atoms with van der Waals surface area (Å²) in [5.74, 6) is -0.928. The van der Waals surface area contributed by atoms with E-state index < -0.39 is 5.82 Å². The van der Waals surface area contributed by atoms with Crippen molar-refractivity contribution in [3.05, 3.63) is 28.5 Å². The van der Waals surface area contributed by atoms with Crippen LogP contribution in [0, 0.1) is 5.82 Å². The summed E-state index contributed by atoms with van der Waals surface area (Å²) in [4.78, 5) is 0. The van der Waals surface area contributed by atoms with Gasteiger partial charge in [0.1, 0.15) is 0 Å². The van der Waals surface area contributed by atoms with Crippen LogP contribution in [0.3, 0.4) is 0 Å². The summed E-state index contributed by atoms with van der Waals surface area (Å²) in [7, 11) is 0. The van der Waals surface area contributed by atoms with Gasteiger partial charge in [-0.1, -0.05) is 29.8 Å². The Morgan fingerprint density at radius 2 is 1.91 bits per heavy atom. The van der Waals surface area contributed by atoms with Crippen molar-refractivity contribution in [1.82, 2.24) is 0 Å². The zero-order valence-electron chi connectivity index (χ0n) is 6.44. The highest BCUT2D eigenvalue weighted by Crippen LogP contribution is 2.19. The predicted octanol–water partition coefficient (Wildman–Crippen LogP) is 3.32. The largest absolute Gasteiger partial charge is 0.505 e. The first kappa shape index (κ1) is 10.4. The molecule has 3 heteroatoms. The Hall–Kier alpha value is -0.570. The van der Waals surface area contributed by atoms with Gasteiger partial charge in [-0.05, 0) is 18.2 Å². The van der Waals surface area contributed by atoms with Gasteiger partial charge in [-0.25, -0.2) is 4.39 Å². The van der Waals surface area contributed by atoms with Crippen molar-refractivity contribution >= 4 is 15.9 Å². The first-order chi connectivity index (χ1) is 5.20. The summed E-state index contributed by atoms with van der Waals surface area (Å²) < 4.78 is 12.9. The van der Waals surface area contributed by atoms with Crippen molar-refractivity contribution in [3.8, 4) is 5.75 Å². The summed E-state index contributed by atoms with van der Waals surface area (Å²) in [5.41, 5.74) is 0. The van der Waals surface area contributed by atoms with E-state index >= 15 is 0 Å². The fraction of sp³-hybridized carbons (Fsp3) is 0.250. The van der Waals surface area contributed by atoms with Gasteiger partial charge in [0.25, 0.3) is 0 Å². The minimum atomic E-state index is -0.607. The number of hydrogen-bond acceptors (Lipinski definition) is 1. The molecule has 1 nitrogen and oxygen atoms in total. The maximum atomic E-state index is 12.3. The van der Waals surface area contributed by atoms with Crippen molar-refractivity contribution in [3.63, 3.8) is 0 Å². The molecule has 1 aromatic carbocycles. The molecule has 0 spiro atoms. The molecule has 1 N–H and O–H groups in total. The summed E-state index contributed by atoms with van der Waals surface area (Å²) in [6.45, 7) is 4.00. The van der Waals surface area contributed by atoms with E-state index in [2.05, 4.69) is 15.9 Å². The molecule has 0 heterocycles. The zero-order chi connectivity index (χ0) is 8.85. The molecular weight excluding hydrogens is 211 g/mol. The van der Waals surface area contributed by atoms with Gasteiger partial charge in [-0.3, -0.25) is 0 Å². The van der Waals surface area contributed by atoms with Gasteiger partial charge in [0.2, 0.25) is 0 Å². The Labute approximate surface area is 74.0 Å². The summed E-state index contributed by atoms with van der Waals surface area (Å²) in [6.07, 6.45) is 0.